The second kappa shape index (κ2) is 5.00. The van der Waals surface area contributed by atoms with Gasteiger partial charge in [-0.3, -0.25) is 4.79 Å². The van der Waals surface area contributed by atoms with E-state index in [9.17, 15) is 4.79 Å². The summed E-state index contributed by atoms with van der Waals surface area (Å²) in [4.78, 5) is 14.8. The number of carbonyl (C=O) groups is 1. The summed E-state index contributed by atoms with van der Waals surface area (Å²) in [6.45, 7) is 2.06. The highest BCUT2D eigenvalue weighted by molar-refractivity contribution is 5.94. The van der Waals surface area contributed by atoms with Gasteiger partial charge < -0.3 is 15.0 Å². The molecule has 1 amide bonds. The summed E-state index contributed by atoms with van der Waals surface area (Å²) < 4.78 is 5.22. The molecule has 1 N–H and O–H groups in total. The Morgan fingerprint density at radius 3 is 2.45 bits per heavy atom. The number of nitrogens with one attached hydrogen (secondary N) is 1. The Morgan fingerprint density at radius 2 is 1.85 bits per heavy atom. The molecule has 1 spiro atoms. The van der Waals surface area contributed by atoms with E-state index in [1.165, 1.54) is 6.42 Å². The maximum atomic E-state index is 12.5. The molecule has 108 valence electrons. The summed E-state index contributed by atoms with van der Waals surface area (Å²) in [5, 5.41) is 3.11. The summed E-state index contributed by atoms with van der Waals surface area (Å²) in [7, 11) is 1.67. The van der Waals surface area contributed by atoms with E-state index in [0.29, 0.717) is 0 Å². The minimum Gasteiger partial charge on any atom is -0.497 e. The lowest BCUT2D eigenvalue weighted by atomic mass is 9.80. The lowest BCUT2D eigenvalue weighted by molar-refractivity contribution is -0.124. The molecule has 4 heteroatoms. The third-order valence-electron chi connectivity index (χ3n) is 4.64. The van der Waals surface area contributed by atoms with E-state index >= 15 is 0 Å². The van der Waals surface area contributed by atoms with Crippen LogP contribution in [-0.4, -0.2) is 24.7 Å². The highest BCUT2D eigenvalue weighted by Crippen LogP contribution is 2.41. The van der Waals surface area contributed by atoms with Gasteiger partial charge in [-0.2, -0.15) is 0 Å². The van der Waals surface area contributed by atoms with Crippen LogP contribution in [0.15, 0.2) is 24.3 Å². The van der Waals surface area contributed by atoms with Crippen molar-refractivity contribution in [2.24, 2.45) is 0 Å². The summed E-state index contributed by atoms with van der Waals surface area (Å²) in [6, 6.07) is 8.01. The maximum Gasteiger partial charge on any atom is 0.247 e. The summed E-state index contributed by atoms with van der Waals surface area (Å²) in [5.41, 5.74) is 0.755. The molecule has 0 bridgehead atoms. The Labute approximate surface area is 120 Å². The highest BCUT2D eigenvalue weighted by Gasteiger charge is 2.51. The van der Waals surface area contributed by atoms with Crippen LogP contribution in [-0.2, 0) is 4.79 Å². The van der Waals surface area contributed by atoms with E-state index in [1.807, 2.05) is 24.3 Å². The van der Waals surface area contributed by atoms with E-state index in [4.69, 9.17) is 4.74 Å². The van der Waals surface area contributed by atoms with Crippen molar-refractivity contribution in [1.29, 1.82) is 0 Å². The summed E-state index contributed by atoms with van der Waals surface area (Å²) in [6.07, 6.45) is 5.46. The van der Waals surface area contributed by atoms with Crippen LogP contribution in [0.4, 0.5) is 5.69 Å². The van der Waals surface area contributed by atoms with E-state index in [-0.39, 0.29) is 17.6 Å². The van der Waals surface area contributed by atoms with Crippen LogP contribution in [0.2, 0.25) is 0 Å². The fourth-order valence-electron chi connectivity index (χ4n) is 3.69. The number of nitrogens with zero attached hydrogens (tertiary/aromatic N) is 1. The first-order valence-corrected chi connectivity index (χ1v) is 7.42. The Balaban J connectivity index is 1.97. The highest BCUT2D eigenvalue weighted by atomic mass is 16.5. The number of ether oxygens (including phenoxy) is 1. The number of benzene rings is 1. The topological polar surface area (TPSA) is 41.6 Å². The fraction of sp³-hybridized carbons (Fsp3) is 0.562. The number of anilines is 1. The smallest absolute Gasteiger partial charge is 0.247 e. The number of carbonyl (C=O) groups excluding carboxylic acids is 1. The Bertz CT molecular complexity index is 492. The second-order valence-corrected chi connectivity index (χ2v) is 5.81. The molecule has 0 radical (unpaired) electrons. The summed E-state index contributed by atoms with van der Waals surface area (Å²) >= 11 is 0. The van der Waals surface area contributed by atoms with Crippen molar-refractivity contribution in [2.75, 3.05) is 12.0 Å². The van der Waals surface area contributed by atoms with Gasteiger partial charge in [0.2, 0.25) is 5.91 Å². The molecule has 1 aliphatic heterocycles. The zero-order valence-corrected chi connectivity index (χ0v) is 12.2. The first-order valence-electron chi connectivity index (χ1n) is 7.42. The quantitative estimate of drug-likeness (QED) is 0.901. The number of hydrogen-bond acceptors (Lipinski definition) is 3. The van der Waals surface area contributed by atoms with Gasteiger partial charge in [0.25, 0.3) is 0 Å². The molecule has 4 nitrogen and oxygen atoms in total. The zero-order valence-electron chi connectivity index (χ0n) is 12.2. The van der Waals surface area contributed by atoms with Crippen LogP contribution in [0.5, 0.6) is 5.75 Å². The van der Waals surface area contributed by atoms with Crippen molar-refractivity contribution in [3.63, 3.8) is 0 Å². The van der Waals surface area contributed by atoms with E-state index < -0.39 is 0 Å². The fourth-order valence-corrected chi connectivity index (χ4v) is 3.69. The van der Waals surface area contributed by atoms with Gasteiger partial charge >= 0.3 is 0 Å². The van der Waals surface area contributed by atoms with Crippen LogP contribution >= 0.6 is 0 Å². The molecule has 1 aliphatic carbocycles. The third-order valence-corrected chi connectivity index (χ3v) is 4.64. The van der Waals surface area contributed by atoms with Gasteiger partial charge in [0.15, 0.2) is 0 Å². The van der Waals surface area contributed by atoms with Crippen LogP contribution in [0.3, 0.4) is 0 Å². The Morgan fingerprint density at radius 1 is 1.20 bits per heavy atom. The molecule has 1 saturated heterocycles. The van der Waals surface area contributed by atoms with E-state index in [2.05, 4.69) is 17.1 Å². The average Bonchev–Trinajstić information content (AvgIpc) is 2.71. The van der Waals surface area contributed by atoms with Crippen LogP contribution in [0.25, 0.3) is 0 Å². The lowest BCUT2D eigenvalue weighted by Crippen LogP contribution is -2.51. The molecule has 1 atom stereocenters. The van der Waals surface area contributed by atoms with Crippen molar-refractivity contribution in [2.45, 2.75) is 50.7 Å². The minimum atomic E-state index is -0.341. The molecule has 0 aromatic heterocycles. The second-order valence-electron chi connectivity index (χ2n) is 5.81. The van der Waals surface area contributed by atoms with Gasteiger partial charge in [0.1, 0.15) is 11.3 Å². The molecule has 1 saturated carbocycles. The summed E-state index contributed by atoms with van der Waals surface area (Å²) in [5.74, 6) is 1.04. The standard InChI is InChI=1S/C16H22N2O2/c1-12-17-15(19)16(10-4-3-5-11-16)18(12)13-6-8-14(20-2)9-7-13/h6-9,12H,3-5,10-11H2,1-2H3,(H,17,19). The van der Waals surface area contributed by atoms with E-state index in [1.54, 1.807) is 7.11 Å². The molecule has 3 rings (SSSR count). The minimum absolute atomic E-state index is 0.0500. The Kier molecular flexibility index (Phi) is 3.32. The van der Waals surface area contributed by atoms with Crippen molar-refractivity contribution >= 4 is 11.6 Å². The molecule has 1 heterocycles. The maximum absolute atomic E-state index is 12.5. The third kappa shape index (κ3) is 1.94. The normalized spacial score (nSPS) is 24.8. The molecule has 20 heavy (non-hydrogen) atoms. The Hall–Kier alpha value is -1.71. The van der Waals surface area contributed by atoms with Gasteiger partial charge in [-0.1, -0.05) is 19.3 Å². The molecule has 1 aromatic carbocycles. The van der Waals surface area contributed by atoms with Gasteiger partial charge in [0, 0.05) is 5.69 Å². The van der Waals surface area contributed by atoms with E-state index in [0.717, 1.165) is 37.1 Å². The molecule has 2 fully saturated rings. The molecular formula is C16H22N2O2. The number of rotatable bonds is 2. The lowest BCUT2D eigenvalue weighted by Gasteiger charge is -2.41. The first kappa shape index (κ1) is 13.3. The molecule has 1 aromatic rings. The van der Waals surface area contributed by atoms with Crippen LogP contribution in [0.1, 0.15) is 39.0 Å². The van der Waals surface area contributed by atoms with Crippen LogP contribution < -0.4 is 15.0 Å². The van der Waals surface area contributed by atoms with Crippen molar-refractivity contribution in [3.05, 3.63) is 24.3 Å². The number of hydrogen-bond donors (Lipinski definition) is 1. The predicted molar refractivity (Wildman–Crippen MR) is 78.9 cm³/mol. The van der Waals surface area contributed by atoms with Gasteiger partial charge in [-0.05, 0) is 44.0 Å². The van der Waals surface area contributed by atoms with Crippen molar-refractivity contribution in [1.82, 2.24) is 5.32 Å². The van der Waals surface area contributed by atoms with Gasteiger partial charge in [-0.15, -0.1) is 0 Å². The van der Waals surface area contributed by atoms with Crippen LogP contribution in [0, 0.1) is 0 Å². The zero-order chi connectivity index (χ0) is 14.2. The predicted octanol–water partition coefficient (Wildman–Crippen LogP) is 2.68. The first-order chi connectivity index (χ1) is 9.67. The van der Waals surface area contributed by atoms with Crippen molar-refractivity contribution < 1.29 is 9.53 Å². The number of amides is 1. The molecule has 2 aliphatic rings. The number of methoxy groups -OCH3 is 1. The SMILES string of the molecule is COc1ccc(N2C(C)NC(=O)C23CCCCC3)cc1. The van der Waals surface area contributed by atoms with Gasteiger partial charge in [0.05, 0.1) is 13.3 Å². The van der Waals surface area contributed by atoms with Crippen molar-refractivity contribution in [3.8, 4) is 5.75 Å². The average molecular weight is 274 g/mol. The molecule has 1 unspecified atom stereocenters. The monoisotopic (exact) mass is 274 g/mol. The largest absolute Gasteiger partial charge is 0.497 e. The molecular weight excluding hydrogens is 252 g/mol. The van der Waals surface area contributed by atoms with Gasteiger partial charge in [-0.25, -0.2) is 0 Å².